The van der Waals surface area contributed by atoms with E-state index in [2.05, 4.69) is 15.3 Å². The molecular formula is C14H17N3O3. The Labute approximate surface area is 116 Å². The SMILES string of the molecule is Oc1cc2c(cc1CNCCCc1ncc[nH]1)OCO2. The van der Waals surface area contributed by atoms with Gasteiger partial charge in [0.25, 0.3) is 0 Å². The highest BCUT2D eigenvalue weighted by Gasteiger charge is 2.16. The lowest BCUT2D eigenvalue weighted by molar-refractivity contribution is 0.174. The third-order valence-electron chi connectivity index (χ3n) is 3.21. The monoisotopic (exact) mass is 275 g/mol. The number of imidazole rings is 1. The van der Waals surface area contributed by atoms with Crippen LogP contribution in [0.1, 0.15) is 17.8 Å². The zero-order chi connectivity index (χ0) is 13.8. The third-order valence-corrected chi connectivity index (χ3v) is 3.21. The average Bonchev–Trinajstić information content (AvgIpc) is 3.09. The maximum atomic E-state index is 9.89. The van der Waals surface area contributed by atoms with Gasteiger partial charge in [-0.25, -0.2) is 4.98 Å². The fourth-order valence-electron chi connectivity index (χ4n) is 2.15. The Bertz CT molecular complexity index is 569. The van der Waals surface area contributed by atoms with Crippen LogP contribution in [-0.2, 0) is 13.0 Å². The van der Waals surface area contributed by atoms with Gasteiger partial charge in [-0.1, -0.05) is 0 Å². The molecule has 0 saturated heterocycles. The second kappa shape index (κ2) is 5.83. The van der Waals surface area contributed by atoms with E-state index in [4.69, 9.17) is 9.47 Å². The molecule has 6 nitrogen and oxygen atoms in total. The Hall–Kier alpha value is -2.21. The van der Waals surface area contributed by atoms with E-state index in [9.17, 15) is 5.11 Å². The van der Waals surface area contributed by atoms with Crippen LogP contribution < -0.4 is 14.8 Å². The van der Waals surface area contributed by atoms with Gasteiger partial charge in [0.1, 0.15) is 11.6 Å². The molecule has 1 aromatic heterocycles. The summed E-state index contributed by atoms with van der Waals surface area (Å²) in [6.45, 7) is 1.67. The van der Waals surface area contributed by atoms with Crippen molar-refractivity contribution in [3.05, 3.63) is 35.9 Å². The second-order valence-corrected chi connectivity index (χ2v) is 4.65. The van der Waals surface area contributed by atoms with Gasteiger partial charge in [0, 0.05) is 37.0 Å². The Kier molecular flexibility index (Phi) is 3.73. The molecule has 1 aliphatic heterocycles. The Morgan fingerprint density at radius 1 is 1.30 bits per heavy atom. The zero-order valence-corrected chi connectivity index (χ0v) is 11.1. The minimum Gasteiger partial charge on any atom is -0.507 e. The fraction of sp³-hybridized carbons (Fsp3) is 0.357. The van der Waals surface area contributed by atoms with Crippen molar-refractivity contribution < 1.29 is 14.6 Å². The Balaban J connectivity index is 1.46. The standard InChI is InChI=1S/C14H17N3O3/c18-11-7-13-12(19-9-20-13)6-10(11)8-15-3-1-2-14-16-4-5-17-14/h4-7,15,18H,1-3,8-9H2,(H,16,17). The van der Waals surface area contributed by atoms with E-state index < -0.39 is 0 Å². The van der Waals surface area contributed by atoms with E-state index in [1.54, 1.807) is 12.3 Å². The van der Waals surface area contributed by atoms with Crippen LogP contribution >= 0.6 is 0 Å². The number of hydrogen-bond donors (Lipinski definition) is 3. The van der Waals surface area contributed by atoms with Crippen LogP contribution in [0.4, 0.5) is 0 Å². The molecule has 0 saturated carbocycles. The van der Waals surface area contributed by atoms with Crippen molar-refractivity contribution in [2.75, 3.05) is 13.3 Å². The molecular weight excluding hydrogens is 258 g/mol. The fourth-order valence-corrected chi connectivity index (χ4v) is 2.15. The second-order valence-electron chi connectivity index (χ2n) is 4.65. The van der Waals surface area contributed by atoms with Gasteiger partial charge in [-0.05, 0) is 19.0 Å². The maximum absolute atomic E-state index is 9.89. The van der Waals surface area contributed by atoms with Crippen molar-refractivity contribution in [2.24, 2.45) is 0 Å². The maximum Gasteiger partial charge on any atom is 0.231 e. The van der Waals surface area contributed by atoms with Gasteiger partial charge >= 0.3 is 0 Å². The molecule has 1 aromatic carbocycles. The number of phenols is 1. The minimum atomic E-state index is 0.217. The summed E-state index contributed by atoms with van der Waals surface area (Å²) in [5, 5.41) is 13.2. The lowest BCUT2D eigenvalue weighted by Crippen LogP contribution is -2.15. The number of aromatic hydroxyl groups is 1. The minimum absolute atomic E-state index is 0.217. The molecule has 3 rings (SSSR count). The molecule has 2 aromatic rings. The van der Waals surface area contributed by atoms with Crippen molar-refractivity contribution in [3.8, 4) is 17.2 Å². The topological polar surface area (TPSA) is 79.4 Å². The number of fused-ring (bicyclic) bond motifs is 1. The predicted molar refractivity (Wildman–Crippen MR) is 72.8 cm³/mol. The van der Waals surface area contributed by atoms with Gasteiger partial charge in [0.15, 0.2) is 11.5 Å². The van der Waals surface area contributed by atoms with Crippen LogP contribution in [-0.4, -0.2) is 28.4 Å². The van der Waals surface area contributed by atoms with Crippen LogP contribution in [0, 0.1) is 0 Å². The molecule has 0 bridgehead atoms. The van der Waals surface area contributed by atoms with Gasteiger partial charge in [-0.3, -0.25) is 0 Å². The van der Waals surface area contributed by atoms with E-state index >= 15 is 0 Å². The summed E-state index contributed by atoms with van der Waals surface area (Å²) >= 11 is 0. The quantitative estimate of drug-likeness (QED) is 0.697. The number of phenolic OH excluding ortho intramolecular Hbond substituents is 1. The highest BCUT2D eigenvalue weighted by atomic mass is 16.7. The first-order valence-corrected chi connectivity index (χ1v) is 6.63. The highest BCUT2D eigenvalue weighted by molar-refractivity contribution is 5.51. The summed E-state index contributed by atoms with van der Waals surface area (Å²) in [5.41, 5.74) is 0.812. The largest absolute Gasteiger partial charge is 0.507 e. The normalized spacial score (nSPS) is 12.8. The lowest BCUT2D eigenvalue weighted by Gasteiger charge is -2.07. The molecule has 6 heteroatoms. The van der Waals surface area contributed by atoms with Gasteiger partial charge in [-0.15, -0.1) is 0 Å². The summed E-state index contributed by atoms with van der Waals surface area (Å²) in [5.74, 6) is 2.52. The van der Waals surface area contributed by atoms with Gasteiger partial charge in [0.05, 0.1) is 0 Å². The first-order chi connectivity index (χ1) is 9.83. The summed E-state index contributed by atoms with van der Waals surface area (Å²) < 4.78 is 10.5. The van der Waals surface area contributed by atoms with Crippen molar-refractivity contribution >= 4 is 0 Å². The molecule has 0 fully saturated rings. The van der Waals surface area contributed by atoms with Crippen molar-refractivity contribution in [1.29, 1.82) is 0 Å². The molecule has 0 spiro atoms. The first kappa shape index (κ1) is 12.8. The third kappa shape index (κ3) is 2.85. The summed E-state index contributed by atoms with van der Waals surface area (Å²) in [7, 11) is 0. The molecule has 1 aliphatic rings. The van der Waals surface area contributed by atoms with Crippen LogP contribution in [0.5, 0.6) is 17.2 Å². The number of nitrogens with zero attached hydrogens (tertiary/aromatic N) is 1. The number of aromatic nitrogens is 2. The number of ether oxygens (including phenoxy) is 2. The number of nitrogens with one attached hydrogen (secondary N) is 2. The van der Waals surface area contributed by atoms with E-state index in [-0.39, 0.29) is 12.5 Å². The molecule has 20 heavy (non-hydrogen) atoms. The molecule has 106 valence electrons. The molecule has 3 N–H and O–H groups in total. The Morgan fingerprint density at radius 2 is 2.15 bits per heavy atom. The van der Waals surface area contributed by atoms with Gasteiger partial charge < -0.3 is 24.9 Å². The summed E-state index contributed by atoms with van der Waals surface area (Å²) in [6.07, 6.45) is 5.48. The van der Waals surface area contributed by atoms with Crippen molar-refractivity contribution in [2.45, 2.75) is 19.4 Å². The van der Waals surface area contributed by atoms with E-state index in [1.807, 2.05) is 12.3 Å². The van der Waals surface area contributed by atoms with Gasteiger partial charge in [0.2, 0.25) is 6.79 Å². The zero-order valence-electron chi connectivity index (χ0n) is 11.1. The smallest absolute Gasteiger partial charge is 0.231 e. The molecule has 0 aliphatic carbocycles. The summed E-state index contributed by atoms with van der Waals surface area (Å²) in [4.78, 5) is 7.25. The molecule has 0 unspecified atom stereocenters. The molecule has 0 amide bonds. The Morgan fingerprint density at radius 3 is 2.95 bits per heavy atom. The van der Waals surface area contributed by atoms with E-state index in [1.165, 1.54) is 0 Å². The number of hydrogen-bond acceptors (Lipinski definition) is 5. The first-order valence-electron chi connectivity index (χ1n) is 6.63. The number of aromatic amines is 1. The predicted octanol–water partition coefficient (Wildman–Crippen LogP) is 1.57. The number of H-pyrrole nitrogens is 1. The average molecular weight is 275 g/mol. The lowest BCUT2D eigenvalue weighted by atomic mass is 10.1. The molecule has 0 atom stereocenters. The number of benzene rings is 1. The van der Waals surface area contributed by atoms with Crippen LogP contribution in [0.3, 0.4) is 0 Å². The number of aryl methyl sites for hydroxylation is 1. The van der Waals surface area contributed by atoms with Crippen molar-refractivity contribution in [3.63, 3.8) is 0 Å². The van der Waals surface area contributed by atoms with E-state index in [0.29, 0.717) is 18.0 Å². The van der Waals surface area contributed by atoms with Crippen LogP contribution in [0.15, 0.2) is 24.5 Å². The molecule has 2 heterocycles. The van der Waals surface area contributed by atoms with Crippen LogP contribution in [0.25, 0.3) is 0 Å². The van der Waals surface area contributed by atoms with Gasteiger partial charge in [-0.2, -0.15) is 0 Å². The number of rotatable bonds is 6. The highest BCUT2D eigenvalue weighted by Crippen LogP contribution is 2.37. The van der Waals surface area contributed by atoms with E-state index in [0.717, 1.165) is 30.8 Å². The molecule has 0 radical (unpaired) electrons. The van der Waals surface area contributed by atoms with Crippen LogP contribution in [0.2, 0.25) is 0 Å². The summed E-state index contributed by atoms with van der Waals surface area (Å²) in [6, 6.07) is 3.42. The van der Waals surface area contributed by atoms with Crippen molar-refractivity contribution in [1.82, 2.24) is 15.3 Å².